The predicted octanol–water partition coefficient (Wildman–Crippen LogP) is 1.74. The number of carbonyl (C=O) groups is 1. The van der Waals surface area contributed by atoms with Crippen LogP contribution in [0.15, 0.2) is 24.5 Å². The molecule has 2 aromatic heterocycles. The van der Waals surface area contributed by atoms with Crippen molar-refractivity contribution in [3.05, 3.63) is 41.5 Å². The highest BCUT2D eigenvalue weighted by Gasteiger charge is 2.10. The summed E-state index contributed by atoms with van der Waals surface area (Å²) >= 11 is 0. The molecule has 21 heavy (non-hydrogen) atoms. The van der Waals surface area contributed by atoms with E-state index in [0.717, 1.165) is 30.2 Å². The fourth-order valence-corrected chi connectivity index (χ4v) is 2.25. The van der Waals surface area contributed by atoms with Crippen LogP contribution in [0, 0.1) is 19.8 Å². The molecule has 0 aliphatic rings. The minimum Gasteiger partial charge on any atom is -0.384 e. The van der Waals surface area contributed by atoms with Crippen LogP contribution in [0.25, 0.3) is 0 Å². The SMILES string of the molecule is Cc1cc(C)n(CC(C)CNc2ccncc2C(N)=O)n1. The Balaban J connectivity index is 1.97. The van der Waals surface area contributed by atoms with Gasteiger partial charge in [0, 0.05) is 31.2 Å². The molecule has 1 amide bonds. The highest BCUT2D eigenvalue weighted by molar-refractivity contribution is 5.98. The maximum Gasteiger partial charge on any atom is 0.252 e. The van der Waals surface area contributed by atoms with Crippen molar-refractivity contribution in [1.29, 1.82) is 0 Å². The molecule has 6 heteroatoms. The second-order valence-corrected chi connectivity index (χ2v) is 5.38. The van der Waals surface area contributed by atoms with Crippen molar-refractivity contribution in [3.8, 4) is 0 Å². The minimum absolute atomic E-state index is 0.358. The first-order chi connectivity index (χ1) is 9.97. The van der Waals surface area contributed by atoms with Crippen molar-refractivity contribution in [2.45, 2.75) is 27.3 Å². The van der Waals surface area contributed by atoms with E-state index in [1.807, 2.05) is 18.5 Å². The van der Waals surface area contributed by atoms with E-state index in [2.05, 4.69) is 28.4 Å². The number of anilines is 1. The van der Waals surface area contributed by atoms with E-state index in [-0.39, 0.29) is 0 Å². The zero-order valence-electron chi connectivity index (χ0n) is 12.6. The molecule has 0 saturated carbocycles. The Morgan fingerprint density at radius 3 is 2.86 bits per heavy atom. The Hall–Kier alpha value is -2.37. The number of hydrogen-bond acceptors (Lipinski definition) is 4. The zero-order valence-corrected chi connectivity index (χ0v) is 12.6. The Kier molecular flexibility index (Phi) is 4.57. The predicted molar refractivity (Wildman–Crippen MR) is 82.1 cm³/mol. The van der Waals surface area contributed by atoms with Crippen molar-refractivity contribution in [3.63, 3.8) is 0 Å². The van der Waals surface area contributed by atoms with Gasteiger partial charge in [-0.25, -0.2) is 0 Å². The monoisotopic (exact) mass is 287 g/mol. The van der Waals surface area contributed by atoms with Crippen LogP contribution in [0.1, 0.15) is 28.7 Å². The smallest absolute Gasteiger partial charge is 0.252 e. The van der Waals surface area contributed by atoms with Crippen molar-refractivity contribution >= 4 is 11.6 Å². The van der Waals surface area contributed by atoms with Gasteiger partial charge in [-0.15, -0.1) is 0 Å². The van der Waals surface area contributed by atoms with Gasteiger partial charge in [0.25, 0.3) is 5.91 Å². The maximum atomic E-state index is 11.3. The zero-order chi connectivity index (χ0) is 15.4. The van der Waals surface area contributed by atoms with Gasteiger partial charge in [0.1, 0.15) is 0 Å². The van der Waals surface area contributed by atoms with Crippen LogP contribution in [0.2, 0.25) is 0 Å². The molecule has 0 aliphatic heterocycles. The molecule has 0 aromatic carbocycles. The van der Waals surface area contributed by atoms with Gasteiger partial charge < -0.3 is 11.1 Å². The third-order valence-corrected chi connectivity index (χ3v) is 3.32. The lowest BCUT2D eigenvalue weighted by Gasteiger charge is -2.16. The first kappa shape index (κ1) is 15.0. The molecular weight excluding hydrogens is 266 g/mol. The average Bonchev–Trinajstić information content (AvgIpc) is 2.74. The number of aromatic nitrogens is 3. The number of carbonyl (C=O) groups excluding carboxylic acids is 1. The lowest BCUT2D eigenvalue weighted by atomic mass is 10.1. The molecule has 0 aliphatic carbocycles. The summed E-state index contributed by atoms with van der Waals surface area (Å²) in [7, 11) is 0. The first-order valence-corrected chi connectivity index (χ1v) is 6.96. The van der Waals surface area contributed by atoms with Crippen LogP contribution >= 0.6 is 0 Å². The summed E-state index contributed by atoms with van der Waals surface area (Å²) in [5.41, 5.74) is 8.65. The second-order valence-electron chi connectivity index (χ2n) is 5.38. The van der Waals surface area contributed by atoms with Crippen LogP contribution in [-0.4, -0.2) is 27.2 Å². The van der Waals surface area contributed by atoms with Crippen molar-refractivity contribution in [2.75, 3.05) is 11.9 Å². The Morgan fingerprint density at radius 2 is 2.24 bits per heavy atom. The topological polar surface area (TPSA) is 85.8 Å². The van der Waals surface area contributed by atoms with E-state index in [9.17, 15) is 4.79 Å². The molecule has 0 saturated heterocycles. The van der Waals surface area contributed by atoms with Gasteiger partial charge in [-0.05, 0) is 31.9 Å². The van der Waals surface area contributed by atoms with Gasteiger partial charge in [-0.3, -0.25) is 14.5 Å². The van der Waals surface area contributed by atoms with Crippen molar-refractivity contribution in [2.24, 2.45) is 11.7 Å². The number of amides is 1. The molecule has 2 rings (SSSR count). The van der Waals surface area contributed by atoms with Crippen LogP contribution in [-0.2, 0) is 6.54 Å². The summed E-state index contributed by atoms with van der Waals surface area (Å²) in [5, 5.41) is 7.71. The molecule has 0 spiro atoms. The van der Waals surface area contributed by atoms with E-state index < -0.39 is 5.91 Å². The van der Waals surface area contributed by atoms with Gasteiger partial charge in [0.2, 0.25) is 0 Å². The number of pyridine rings is 1. The van der Waals surface area contributed by atoms with Crippen molar-refractivity contribution in [1.82, 2.24) is 14.8 Å². The minimum atomic E-state index is -0.475. The van der Waals surface area contributed by atoms with Crippen LogP contribution < -0.4 is 11.1 Å². The van der Waals surface area contributed by atoms with Gasteiger partial charge in [-0.2, -0.15) is 5.10 Å². The van der Waals surface area contributed by atoms with Gasteiger partial charge in [0.05, 0.1) is 16.9 Å². The molecule has 0 fully saturated rings. The third-order valence-electron chi connectivity index (χ3n) is 3.32. The summed E-state index contributed by atoms with van der Waals surface area (Å²) in [6.07, 6.45) is 3.12. The molecule has 1 unspecified atom stereocenters. The van der Waals surface area contributed by atoms with Crippen molar-refractivity contribution < 1.29 is 4.79 Å². The van der Waals surface area contributed by atoms with Gasteiger partial charge in [0.15, 0.2) is 0 Å². The summed E-state index contributed by atoms with van der Waals surface area (Å²) < 4.78 is 2.00. The maximum absolute atomic E-state index is 11.3. The van der Waals surface area contributed by atoms with E-state index >= 15 is 0 Å². The molecule has 112 valence electrons. The normalized spacial score (nSPS) is 12.1. The molecule has 2 heterocycles. The number of hydrogen-bond donors (Lipinski definition) is 2. The summed E-state index contributed by atoms with van der Waals surface area (Å²) in [5.74, 6) is -0.117. The second kappa shape index (κ2) is 6.39. The summed E-state index contributed by atoms with van der Waals surface area (Å²) in [4.78, 5) is 15.3. The third kappa shape index (κ3) is 3.81. The van der Waals surface area contributed by atoms with Gasteiger partial charge >= 0.3 is 0 Å². The number of nitrogens with zero attached hydrogens (tertiary/aromatic N) is 3. The Labute approximate surface area is 124 Å². The Morgan fingerprint density at radius 1 is 1.48 bits per heavy atom. The number of nitrogens with two attached hydrogens (primary N) is 1. The molecular formula is C15H21N5O. The quantitative estimate of drug-likeness (QED) is 0.847. The molecule has 1 atom stereocenters. The average molecular weight is 287 g/mol. The van der Waals surface area contributed by atoms with E-state index in [1.165, 1.54) is 6.20 Å². The highest BCUT2D eigenvalue weighted by atomic mass is 16.1. The van der Waals surface area contributed by atoms with E-state index in [1.54, 1.807) is 12.3 Å². The molecule has 2 aromatic rings. The first-order valence-electron chi connectivity index (χ1n) is 6.96. The van der Waals surface area contributed by atoms with Crippen LogP contribution in [0.4, 0.5) is 5.69 Å². The Bertz CT molecular complexity index is 635. The summed E-state index contributed by atoms with van der Waals surface area (Å²) in [6, 6.07) is 3.82. The number of aryl methyl sites for hydroxylation is 2. The standard InChI is InChI=1S/C15H21N5O/c1-10(9-20-12(3)6-11(2)19-20)7-18-14-4-5-17-8-13(14)15(16)21/h4-6,8,10H,7,9H2,1-3H3,(H2,16,21)(H,17,18). The van der Waals surface area contributed by atoms with Crippen LogP contribution in [0.3, 0.4) is 0 Å². The lowest BCUT2D eigenvalue weighted by molar-refractivity contribution is 0.100. The van der Waals surface area contributed by atoms with Gasteiger partial charge in [-0.1, -0.05) is 6.92 Å². The largest absolute Gasteiger partial charge is 0.384 e. The molecule has 3 N–H and O–H groups in total. The van der Waals surface area contributed by atoms with E-state index in [4.69, 9.17) is 5.73 Å². The highest BCUT2D eigenvalue weighted by Crippen LogP contribution is 2.14. The van der Waals surface area contributed by atoms with Crippen LogP contribution in [0.5, 0.6) is 0 Å². The number of primary amides is 1. The fourth-order valence-electron chi connectivity index (χ4n) is 2.25. The molecule has 6 nitrogen and oxygen atoms in total. The molecule has 0 bridgehead atoms. The molecule has 0 radical (unpaired) electrons. The fraction of sp³-hybridized carbons (Fsp3) is 0.400. The number of nitrogens with one attached hydrogen (secondary N) is 1. The van der Waals surface area contributed by atoms with E-state index in [0.29, 0.717) is 11.5 Å². The number of rotatable bonds is 6. The lowest BCUT2D eigenvalue weighted by Crippen LogP contribution is -2.21. The summed E-state index contributed by atoms with van der Waals surface area (Å²) in [6.45, 7) is 7.72.